The summed E-state index contributed by atoms with van der Waals surface area (Å²) in [4.78, 5) is 13.3. The van der Waals surface area contributed by atoms with E-state index >= 15 is 0 Å². The summed E-state index contributed by atoms with van der Waals surface area (Å²) < 4.78 is 10.3. The number of hydrogen-bond acceptors (Lipinski definition) is 3. The molecule has 1 rings (SSSR count). The Hall–Kier alpha value is -0.0168. The quantitative estimate of drug-likeness (QED) is 0.538. The van der Waals surface area contributed by atoms with Gasteiger partial charge in [-0.1, -0.05) is 0 Å². The normalized spacial score (nSPS) is 21.9. The van der Waals surface area contributed by atoms with Gasteiger partial charge in [0.2, 0.25) is 0 Å². The van der Waals surface area contributed by atoms with Crippen LogP contribution in [-0.2, 0) is 30.6 Å². The topological polar surface area (TPSA) is 49.4 Å². The third-order valence-electron chi connectivity index (χ3n) is 2.31. The average Bonchev–Trinajstić information content (AvgIpc) is 2.18. The van der Waals surface area contributed by atoms with E-state index in [2.05, 4.69) is 11.7 Å². The van der Waals surface area contributed by atoms with E-state index < -0.39 is 0 Å². The van der Waals surface area contributed by atoms with E-state index in [0.717, 1.165) is 26.5 Å². The Bertz CT molecular complexity index is 204. The van der Waals surface area contributed by atoms with Gasteiger partial charge in [0.15, 0.2) is 0 Å². The van der Waals surface area contributed by atoms with Crippen LogP contribution >= 0.6 is 0 Å². The molecule has 1 heterocycles. The molecule has 1 saturated heterocycles. The molecule has 1 fully saturated rings. The van der Waals surface area contributed by atoms with Gasteiger partial charge in [0.05, 0.1) is 0 Å². The molecule has 0 spiro atoms. The van der Waals surface area contributed by atoms with Gasteiger partial charge in [-0.05, 0) is 0 Å². The van der Waals surface area contributed by atoms with Crippen molar-refractivity contribution in [2.45, 2.75) is 18.9 Å². The molecular formula is C8H14BN2O2W-. The fourth-order valence-electron chi connectivity index (χ4n) is 1.59. The number of likely N-dealkylation sites (tertiary alicyclic amines) is 1. The first-order valence-corrected chi connectivity index (χ1v) is 4.50. The fraction of sp³-hybridized carbons (Fsp3) is 0.750. The third-order valence-corrected chi connectivity index (χ3v) is 2.31. The van der Waals surface area contributed by atoms with Crippen LogP contribution in [0.4, 0.5) is 0 Å². The molecule has 0 aromatic carbocycles. The van der Waals surface area contributed by atoms with Crippen molar-refractivity contribution in [1.82, 2.24) is 10.2 Å². The van der Waals surface area contributed by atoms with E-state index in [9.17, 15) is 9.50 Å². The van der Waals surface area contributed by atoms with Gasteiger partial charge < -0.3 is 0 Å². The number of nitrogens with one attached hydrogen (secondary N) is 1. The van der Waals surface area contributed by atoms with Crippen molar-refractivity contribution in [3.63, 3.8) is 0 Å². The van der Waals surface area contributed by atoms with Crippen molar-refractivity contribution < 1.29 is 30.6 Å². The average molecular weight is 365 g/mol. The van der Waals surface area contributed by atoms with Gasteiger partial charge in [-0.2, -0.15) is 0 Å². The summed E-state index contributed by atoms with van der Waals surface area (Å²) in [6.07, 6.45) is 4.15. The van der Waals surface area contributed by atoms with E-state index in [0.29, 0.717) is 6.44 Å². The second-order valence-electron chi connectivity index (χ2n) is 3.10. The molecule has 0 saturated carbocycles. The van der Waals surface area contributed by atoms with Crippen LogP contribution in [0.15, 0.2) is 0 Å². The van der Waals surface area contributed by atoms with Gasteiger partial charge in [-0.3, -0.25) is 0 Å². The van der Waals surface area contributed by atoms with Crippen molar-refractivity contribution in [3.8, 4) is 0 Å². The Balaban J connectivity index is 0.00000169. The number of likely N-dealkylation sites (N-methyl/N-ethyl adjacent to an activating group) is 1. The van der Waals surface area contributed by atoms with Crippen molar-refractivity contribution in [2.75, 3.05) is 20.0 Å². The van der Waals surface area contributed by atoms with Gasteiger partial charge >= 0.3 is 78.1 Å². The molecule has 1 aliphatic rings. The SMILES string of the molecule is CNC(=O)C1C[CH-]CCN1CB=O.[W]. The van der Waals surface area contributed by atoms with Crippen LogP contribution in [0.2, 0.25) is 0 Å². The number of piperidine rings is 1. The Morgan fingerprint density at radius 2 is 2.43 bits per heavy atom. The first kappa shape index (κ1) is 14.0. The third kappa shape index (κ3) is 3.62. The maximum atomic E-state index is 11.4. The van der Waals surface area contributed by atoms with E-state index in [-0.39, 0.29) is 33.0 Å². The first-order valence-electron chi connectivity index (χ1n) is 4.50. The Labute approximate surface area is 99.3 Å². The number of nitrogens with zero attached hydrogens (tertiary/aromatic N) is 1. The monoisotopic (exact) mass is 365 g/mol. The van der Waals surface area contributed by atoms with Gasteiger partial charge in [-0.25, -0.2) is 0 Å². The van der Waals surface area contributed by atoms with E-state index in [4.69, 9.17) is 0 Å². The van der Waals surface area contributed by atoms with Gasteiger partial charge in [0.1, 0.15) is 0 Å². The minimum absolute atomic E-state index is 0. The number of hydrogen-bond donors (Lipinski definition) is 1. The standard InChI is InChI=1S/C8H14BN2O2.W/c1-10-8(12)7-4-2-3-5-11(7)6-9-13;/h2,7H,3-6H2,1H3,(H,10,12);/q-1;. The maximum absolute atomic E-state index is 11.4. The van der Waals surface area contributed by atoms with Crippen LogP contribution in [0, 0.1) is 6.42 Å². The van der Waals surface area contributed by atoms with Crippen molar-refractivity contribution in [3.05, 3.63) is 6.42 Å². The molecule has 0 aliphatic carbocycles. The van der Waals surface area contributed by atoms with Gasteiger partial charge in [0.25, 0.3) is 0 Å². The summed E-state index contributed by atoms with van der Waals surface area (Å²) in [5, 5.41) is 2.61. The summed E-state index contributed by atoms with van der Waals surface area (Å²) >= 11 is 0. The number of carbonyl (C=O) groups excluding carboxylic acids is 1. The molecule has 78 valence electrons. The maximum Gasteiger partial charge on any atom is 0 e. The van der Waals surface area contributed by atoms with Gasteiger partial charge in [-0.15, -0.1) is 0 Å². The number of rotatable bonds is 3. The fourth-order valence-corrected chi connectivity index (χ4v) is 1.59. The van der Waals surface area contributed by atoms with Crippen molar-refractivity contribution >= 4 is 13.1 Å². The van der Waals surface area contributed by atoms with E-state index in [1.165, 1.54) is 0 Å². The molecule has 14 heavy (non-hydrogen) atoms. The van der Waals surface area contributed by atoms with Crippen LogP contribution in [0.1, 0.15) is 12.8 Å². The molecule has 6 heteroatoms. The Kier molecular flexibility index (Phi) is 7.29. The summed E-state index contributed by atoms with van der Waals surface area (Å²) in [5.41, 5.74) is 0. The molecular weight excluding hydrogens is 351 g/mol. The zero-order chi connectivity index (χ0) is 9.68. The van der Waals surface area contributed by atoms with Gasteiger partial charge in [0, 0.05) is 21.1 Å². The predicted octanol–water partition coefficient (Wildman–Crippen LogP) is -0.594. The van der Waals surface area contributed by atoms with Crippen LogP contribution in [-0.4, -0.2) is 44.0 Å². The minimum Gasteiger partial charge on any atom is 0 e. The molecule has 1 atom stereocenters. The summed E-state index contributed by atoms with van der Waals surface area (Å²) in [7, 11) is 2.47. The second-order valence-corrected chi connectivity index (χ2v) is 3.10. The predicted molar refractivity (Wildman–Crippen MR) is 49.4 cm³/mol. The number of carbonyl (C=O) groups is 1. The van der Waals surface area contributed by atoms with Crippen molar-refractivity contribution in [2.24, 2.45) is 0 Å². The summed E-state index contributed by atoms with van der Waals surface area (Å²) in [6.45, 7) is 0.802. The Morgan fingerprint density at radius 3 is 3.00 bits per heavy atom. The zero-order valence-electron chi connectivity index (χ0n) is 8.23. The first-order chi connectivity index (χ1) is 6.29. The van der Waals surface area contributed by atoms with Crippen LogP contribution in [0.25, 0.3) is 0 Å². The molecule has 0 bridgehead atoms. The Morgan fingerprint density at radius 1 is 1.71 bits per heavy atom. The zero-order valence-corrected chi connectivity index (χ0v) is 11.2. The van der Waals surface area contributed by atoms with Crippen LogP contribution in [0.3, 0.4) is 0 Å². The smallest absolute Gasteiger partial charge is 0 e. The molecule has 4 nitrogen and oxygen atoms in total. The molecule has 1 N–H and O–H groups in total. The number of amides is 1. The molecule has 0 aromatic heterocycles. The second kappa shape index (κ2) is 7.30. The van der Waals surface area contributed by atoms with Crippen LogP contribution < -0.4 is 5.32 Å². The molecule has 0 radical (unpaired) electrons. The molecule has 0 aromatic rings. The molecule has 1 aliphatic heterocycles. The van der Waals surface area contributed by atoms with Crippen LogP contribution in [0.5, 0.6) is 0 Å². The molecule has 1 unspecified atom stereocenters. The summed E-state index contributed by atoms with van der Waals surface area (Å²) in [6, 6.07) is -0.149. The van der Waals surface area contributed by atoms with E-state index in [1.807, 2.05) is 4.90 Å². The van der Waals surface area contributed by atoms with E-state index in [1.54, 1.807) is 7.05 Å². The largest absolute Gasteiger partial charge is 0 e. The minimum atomic E-state index is -0.149. The molecule has 1 amide bonds. The van der Waals surface area contributed by atoms with Crippen molar-refractivity contribution in [1.29, 1.82) is 0 Å². The summed E-state index contributed by atoms with van der Waals surface area (Å²) in [5.74, 6) is -0.00204.